The van der Waals surface area contributed by atoms with E-state index in [2.05, 4.69) is 19.0 Å². The standard InChI is InChI=1S/C7H16N2/c1-9(2)7-4-3-6(8)5-7/h6-7H,3-5,8H2,1-2H3/t6-,7-/m1/s1. The van der Waals surface area contributed by atoms with Gasteiger partial charge in [0.2, 0.25) is 0 Å². The Hall–Kier alpha value is -0.0800. The lowest BCUT2D eigenvalue weighted by Crippen LogP contribution is -2.27. The third-order valence-electron chi connectivity index (χ3n) is 2.18. The Balaban J connectivity index is 2.30. The molecule has 2 N–H and O–H groups in total. The SMILES string of the molecule is CN(C)[C@@H]1CC[C@@H](N)C1. The van der Waals surface area contributed by atoms with Crippen molar-refractivity contribution < 1.29 is 0 Å². The second-order valence-corrected chi connectivity index (χ2v) is 3.19. The van der Waals surface area contributed by atoms with Gasteiger partial charge in [0.25, 0.3) is 0 Å². The van der Waals surface area contributed by atoms with E-state index in [9.17, 15) is 0 Å². The second-order valence-electron chi connectivity index (χ2n) is 3.19. The fourth-order valence-corrected chi connectivity index (χ4v) is 1.46. The maximum atomic E-state index is 5.74. The molecule has 0 aliphatic heterocycles. The molecule has 2 nitrogen and oxygen atoms in total. The van der Waals surface area contributed by atoms with Crippen molar-refractivity contribution in [3.05, 3.63) is 0 Å². The number of nitrogens with zero attached hydrogens (tertiary/aromatic N) is 1. The number of nitrogens with two attached hydrogens (primary N) is 1. The molecule has 0 aromatic rings. The average molecular weight is 128 g/mol. The zero-order valence-electron chi connectivity index (χ0n) is 6.30. The van der Waals surface area contributed by atoms with Gasteiger partial charge in [-0.1, -0.05) is 0 Å². The lowest BCUT2D eigenvalue weighted by atomic mass is 10.2. The largest absolute Gasteiger partial charge is 0.328 e. The number of hydrogen-bond acceptors (Lipinski definition) is 2. The first kappa shape index (κ1) is 7.03. The van der Waals surface area contributed by atoms with Crippen LogP contribution in [0.5, 0.6) is 0 Å². The fourth-order valence-electron chi connectivity index (χ4n) is 1.46. The summed E-state index contributed by atoms with van der Waals surface area (Å²) < 4.78 is 0. The maximum absolute atomic E-state index is 5.74. The van der Waals surface area contributed by atoms with Crippen LogP contribution in [0, 0.1) is 0 Å². The lowest BCUT2D eigenvalue weighted by molar-refractivity contribution is 0.297. The van der Waals surface area contributed by atoms with E-state index >= 15 is 0 Å². The Morgan fingerprint density at radius 3 is 2.22 bits per heavy atom. The molecule has 9 heavy (non-hydrogen) atoms. The fraction of sp³-hybridized carbons (Fsp3) is 1.00. The van der Waals surface area contributed by atoms with E-state index < -0.39 is 0 Å². The Bertz CT molecular complexity index is 90.9. The minimum atomic E-state index is 0.470. The van der Waals surface area contributed by atoms with E-state index in [1.807, 2.05) is 0 Å². The minimum Gasteiger partial charge on any atom is -0.328 e. The predicted molar refractivity (Wildman–Crippen MR) is 39.3 cm³/mol. The van der Waals surface area contributed by atoms with Gasteiger partial charge in [0.1, 0.15) is 0 Å². The van der Waals surface area contributed by atoms with Gasteiger partial charge in [-0.2, -0.15) is 0 Å². The normalized spacial score (nSPS) is 36.0. The summed E-state index contributed by atoms with van der Waals surface area (Å²) in [5.41, 5.74) is 5.74. The summed E-state index contributed by atoms with van der Waals surface area (Å²) in [7, 11) is 4.26. The molecule has 2 atom stereocenters. The second kappa shape index (κ2) is 2.67. The molecule has 54 valence electrons. The number of hydrogen-bond donors (Lipinski definition) is 1. The molecule has 0 amide bonds. The summed E-state index contributed by atoms with van der Waals surface area (Å²) in [4.78, 5) is 2.27. The van der Waals surface area contributed by atoms with Crippen molar-refractivity contribution in [3.8, 4) is 0 Å². The third-order valence-corrected chi connectivity index (χ3v) is 2.18. The van der Waals surface area contributed by atoms with Crippen molar-refractivity contribution in [2.45, 2.75) is 31.3 Å². The first-order valence-electron chi connectivity index (χ1n) is 3.62. The minimum absolute atomic E-state index is 0.470. The molecule has 0 bridgehead atoms. The summed E-state index contributed by atoms with van der Waals surface area (Å²) in [6.45, 7) is 0. The van der Waals surface area contributed by atoms with Crippen molar-refractivity contribution in [2.75, 3.05) is 14.1 Å². The van der Waals surface area contributed by atoms with Gasteiger partial charge in [-0.05, 0) is 33.4 Å². The molecule has 1 aliphatic carbocycles. The Kier molecular flexibility index (Phi) is 2.09. The smallest absolute Gasteiger partial charge is 0.0104 e. The topological polar surface area (TPSA) is 29.3 Å². The average Bonchev–Trinajstić information content (AvgIpc) is 2.14. The van der Waals surface area contributed by atoms with Crippen molar-refractivity contribution in [2.24, 2.45) is 5.73 Å². The summed E-state index contributed by atoms with van der Waals surface area (Å²) >= 11 is 0. The molecule has 0 unspecified atom stereocenters. The van der Waals surface area contributed by atoms with Crippen molar-refractivity contribution in [3.63, 3.8) is 0 Å². The van der Waals surface area contributed by atoms with Gasteiger partial charge >= 0.3 is 0 Å². The van der Waals surface area contributed by atoms with Crippen LogP contribution in [0.4, 0.5) is 0 Å². The lowest BCUT2D eigenvalue weighted by Gasteiger charge is -2.17. The molecule has 0 aromatic carbocycles. The first-order chi connectivity index (χ1) is 4.20. The van der Waals surface area contributed by atoms with E-state index in [0.29, 0.717) is 6.04 Å². The van der Waals surface area contributed by atoms with Crippen molar-refractivity contribution in [1.29, 1.82) is 0 Å². The zero-order chi connectivity index (χ0) is 6.85. The highest BCUT2D eigenvalue weighted by Crippen LogP contribution is 2.20. The number of rotatable bonds is 1. The molecule has 1 aliphatic rings. The third kappa shape index (κ3) is 1.66. The highest BCUT2D eigenvalue weighted by Gasteiger charge is 2.22. The van der Waals surface area contributed by atoms with Gasteiger partial charge < -0.3 is 10.6 Å². The maximum Gasteiger partial charge on any atom is 0.0104 e. The van der Waals surface area contributed by atoms with Gasteiger partial charge in [-0.15, -0.1) is 0 Å². The van der Waals surface area contributed by atoms with Gasteiger partial charge in [-0.3, -0.25) is 0 Å². The van der Waals surface area contributed by atoms with Crippen LogP contribution in [0.15, 0.2) is 0 Å². The summed E-state index contributed by atoms with van der Waals surface area (Å²) in [5, 5.41) is 0. The molecule has 1 saturated carbocycles. The highest BCUT2D eigenvalue weighted by molar-refractivity contribution is 4.82. The van der Waals surface area contributed by atoms with Gasteiger partial charge in [-0.25, -0.2) is 0 Å². The molecular formula is C7H16N2. The summed E-state index contributed by atoms with van der Waals surface area (Å²) in [5.74, 6) is 0. The summed E-state index contributed by atoms with van der Waals surface area (Å²) in [6, 6.07) is 1.22. The van der Waals surface area contributed by atoms with E-state index in [1.165, 1.54) is 19.3 Å². The molecule has 0 spiro atoms. The summed E-state index contributed by atoms with van der Waals surface area (Å²) in [6.07, 6.45) is 3.68. The monoisotopic (exact) mass is 128 g/mol. The van der Waals surface area contributed by atoms with E-state index in [1.54, 1.807) is 0 Å². The van der Waals surface area contributed by atoms with E-state index in [-0.39, 0.29) is 0 Å². The van der Waals surface area contributed by atoms with Crippen LogP contribution >= 0.6 is 0 Å². The molecular weight excluding hydrogens is 112 g/mol. The quantitative estimate of drug-likeness (QED) is 0.555. The molecule has 2 heteroatoms. The molecule has 0 aromatic heterocycles. The van der Waals surface area contributed by atoms with E-state index in [0.717, 1.165) is 6.04 Å². The highest BCUT2D eigenvalue weighted by atomic mass is 15.1. The van der Waals surface area contributed by atoms with Crippen molar-refractivity contribution in [1.82, 2.24) is 4.90 Å². The Labute approximate surface area is 57.0 Å². The van der Waals surface area contributed by atoms with E-state index in [4.69, 9.17) is 5.73 Å². The predicted octanol–water partition coefficient (Wildman–Crippen LogP) is 0.428. The molecule has 0 radical (unpaired) electrons. The molecule has 1 rings (SSSR count). The van der Waals surface area contributed by atoms with Crippen LogP contribution < -0.4 is 5.73 Å². The van der Waals surface area contributed by atoms with Gasteiger partial charge in [0.15, 0.2) is 0 Å². The van der Waals surface area contributed by atoms with Crippen LogP contribution in [0.25, 0.3) is 0 Å². The Morgan fingerprint density at radius 1 is 1.33 bits per heavy atom. The molecule has 1 fully saturated rings. The zero-order valence-corrected chi connectivity index (χ0v) is 6.30. The Morgan fingerprint density at radius 2 is 2.00 bits per heavy atom. The molecule has 0 saturated heterocycles. The first-order valence-corrected chi connectivity index (χ1v) is 3.62. The van der Waals surface area contributed by atoms with Crippen molar-refractivity contribution >= 4 is 0 Å². The van der Waals surface area contributed by atoms with Crippen LogP contribution in [-0.2, 0) is 0 Å². The van der Waals surface area contributed by atoms with Crippen LogP contribution in [0.3, 0.4) is 0 Å². The van der Waals surface area contributed by atoms with Crippen LogP contribution in [0.2, 0.25) is 0 Å². The van der Waals surface area contributed by atoms with Gasteiger partial charge in [0, 0.05) is 12.1 Å². The van der Waals surface area contributed by atoms with Crippen LogP contribution in [-0.4, -0.2) is 31.1 Å². The van der Waals surface area contributed by atoms with Crippen LogP contribution in [0.1, 0.15) is 19.3 Å². The molecule has 0 heterocycles. The van der Waals surface area contributed by atoms with Gasteiger partial charge in [0.05, 0.1) is 0 Å².